The van der Waals surface area contributed by atoms with Crippen LogP contribution in [-0.4, -0.2) is 4.57 Å². The summed E-state index contributed by atoms with van der Waals surface area (Å²) in [5.74, 6) is 0. The van der Waals surface area contributed by atoms with Crippen LogP contribution >= 0.6 is 0 Å². The van der Waals surface area contributed by atoms with Crippen LogP contribution in [-0.2, 0) is 5.41 Å². The zero-order chi connectivity index (χ0) is 36.0. The summed E-state index contributed by atoms with van der Waals surface area (Å²) in [4.78, 5) is 0. The Morgan fingerprint density at radius 1 is 0.352 bits per heavy atom. The molecular weight excluding hydrogens is 651 g/mol. The first-order valence-corrected chi connectivity index (χ1v) is 18.9. The second-order valence-electron chi connectivity index (χ2n) is 15.2. The third-order valence-corrected chi connectivity index (χ3v) is 12.0. The SMILES string of the molecule is CC1(C)c2ccccc2-n2c3ccc(-c4c5ccccc5c(-c5ccccc5-c5ccc(-c6ccccc6)cc5)c5ccccc45)cc3c3cccc1c32. The standard InChI is InChI=1S/C53H37N/c1-53(2)46-24-12-13-26-49(46)54-48-32-31-37(33-45(48)44-23-14-25-47(53)52(44)54)50-40-19-8-10-21-42(40)51(43-22-11-9-20-41(43)50)39-18-7-6-17-38(39)36-29-27-35(28-30-36)34-15-4-3-5-16-34/h3-33H,1-2H3. The van der Waals surface area contributed by atoms with Gasteiger partial charge < -0.3 is 4.57 Å². The van der Waals surface area contributed by atoms with Crippen molar-refractivity contribution in [1.29, 1.82) is 0 Å². The molecule has 0 unspecified atom stereocenters. The van der Waals surface area contributed by atoms with E-state index < -0.39 is 0 Å². The fourth-order valence-electron chi connectivity index (χ4n) is 9.48. The van der Waals surface area contributed by atoms with E-state index in [0.717, 1.165) is 0 Å². The van der Waals surface area contributed by atoms with E-state index in [9.17, 15) is 0 Å². The van der Waals surface area contributed by atoms with Crippen LogP contribution in [0.3, 0.4) is 0 Å². The molecule has 1 aromatic heterocycles. The van der Waals surface area contributed by atoms with Crippen LogP contribution in [0, 0.1) is 0 Å². The third-order valence-electron chi connectivity index (χ3n) is 12.0. The Hall–Kier alpha value is -6.70. The average Bonchev–Trinajstić information content (AvgIpc) is 3.56. The van der Waals surface area contributed by atoms with E-state index in [0.29, 0.717) is 0 Å². The molecule has 1 nitrogen and oxygen atoms in total. The molecule has 1 heteroatoms. The summed E-state index contributed by atoms with van der Waals surface area (Å²) in [5, 5.41) is 7.65. The van der Waals surface area contributed by atoms with Gasteiger partial charge in [0.15, 0.2) is 0 Å². The number of fused-ring (bicyclic) bond motifs is 7. The van der Waals surface area contributed by atoms with Crippen molar-refractivity contribution in [1.82, 2.24) is 4.57 Å². The lowest BCUT2D eigenvalue weighted by Crippen LogP contribution is -2.26. The second kappa shape index (κ2) is 11.7. The first kappa shape index (κ1) is 30.9. The normalized spacial score (nSPS) is 13.1. The summed E-state index contributed by atoms with van der Waals surface area (Å²) >= 11 is 0. The average molecular weight is 688 g/mol. The molecule has 0 radical (unpaired) electrons. The fourth-order valence-corrected chi connectivity index (χ4v) is 9.48. The van der Waals surface area contributed by atoms with Gasteiger partial charge in [-0.25, -0.2) is 0 Å². The zero-order valence-electron chi connectivity index (χ0n) is 30.3. The maximum atomic E-state index is 2.51. The van der Waals surface area contributed by atoms with Crippen molar-refractivity contribution >= 4 is 43.4 Å². The number of aromatic nitrogens is 1. The van der Waals surface area contributed by atoms with Gasteiger partial charge in [-0.1, -0.05) is 184 Å². The molecule has 1 aliphatic heterocycles. The molecule has 1 aliphatic rings. The number of hydrogen-bond donors (Lipinski definition) is 0. The van der Waals surface area contributed by atoms with Gasteiger partial charge in [0.05, 0.1) is 16.7 Å². The fraction of sp³-hybridized carbons (Fsp3) is 0.0566. The topological polar surface area (TPSA) is 4.93 Å². The predicted octanol–water partition coefficient (Wildman–Crippen LogP) is 14.4. The number of rotatable bonds is 4. The number of hydrogen-bond acceptors (Lipinski definition) is 0. The highest BCUT2D eigenvalue weighted by Gasteiger charge is 2.34. The lowest BCUT2D eigenvalue weighted by atomic mass is 9.75. The highest BCUT2D eigenvalue weighted by molar-refractivity contribution is 6.23. The summed E-state index contributed by atoms with van der Waals surface area (Å²) in [6.45, 7) is 4.73. The molecule has 2 heterocycles. The van der Waals surface area contributed by atoms with E-state index in [4.69, 9.17) is 0 Å². The minimum Gasteiger partial charge on any atom is -0.309 e. The van der Waals surface area contributed by atoms with Crippen LogP contribution in [0.15, 0.2) is 188 Å². The number of benzene rings is 9. The van der Waals surface area contributed by atoms with Gasteiger partial charge in [0.25, 0.3) is 0 Å². The summed E-state index contributed by atoms with van der Waals surface area (Å²) in [7, 11) is 0. The molecule has 9 aromatic carbocycles. The van der Waals surface area contributed by atoms with Gasteiger partial charge in [0.1, 0.15) is 0 Å². The minimum atomic E-state index is -0.0915. The van der Waals surface area contributed by atoms with E-state index in [1.807, 2.05) is 0 Å². The van der Waals surface area contributed by atoms with Crippen LogP contribution in [0.25, 0.3) is 93.5 Å². The van der Waals surface area contributed by atoms with Gasteiger partial charge in [0.2, 0.25) is 0 Å². The van der Waals surface area contributed by atoms with Crippen molar-refractivity contribution in [3.63, 3.8) is 0 Å². The Bertz CT molecular complexity index is 3050. The molecule has 0 N–H and O–H groups in total. The largest absolute Gasteiger partial charge is 0.309 e. The number of para-hydroxylation sites is 2. The van der Waals surface area contributed by atoms with Crippen molar-refractivity contribution in [3.8, 4) is 50.2 Å². The molecule has 0 saturated carbocycles. The van der Waals surface area contributed by atoms with E-state index in [2.05, 4.69) is 206 Å². The molecule has 0 aliphatic carbocycles. The monoisotopic (exact) mass is 687 g/mol. The summed E-state index contributed by atoms with van der Waals surface area (Å²) in [6.07, 6.45) is 0. The lowest BCUT2D eigenvalue weighted by molar-refractivity contribution is 0.630. The Balaban J connectivity index is 1.15. The van der Waals surface area contributed by atoms with Gasteiger partial charge >= 0.3 is 0 Å². The summed E-state index contributed by atoms with van der Waals surface area (Å²) in [6, 6.07) is 69.6. The molecular formula is C53H37N. The summed E-state index contributed by atoms with van der Waals surface area (Å²) < 4.78 is 2.51. The van der Waals surface area contributed by atoms with Crippen molar-refractivity contribution in [2.24, 2.45) is 0 Å². The molecule has 254 valence electrons. The van der Waals surface area contributed by atoms with Crippen LogP contribution in [0.1, 0.15) is 25.0 Å². The first-order chi connectivity index (χ1) is 26.6. The van der Waals surface area contributed by atoms with E-state index in [-0.39, 0.29) is 5.41 Å². The van der Waals surface area contributed by atoms with Gasteiger partial charge in [0, 0.05) is 16.2 Å². The molecule has 0 bridgehead atoms. The maximum Gasteiger partial charge on any atom is 0.0582 e. The molecule has 0 atom stereocenters. The predicted molar refractivity (Wildman–Crippen MR) is 230 cm³/mol. The van der Waals surface area contributed by atoms with E-state index in [1.165, 1.54) is 105 Å². The van der Waals surface area contributed by atoms with E-state index >= 15 is 0 Å². The van der Waals surface area contributed by atoms with Crippen LogP contribution in [0.4, 0.5) is 0 Å². The van der Waals surface area contributed by atoms with Gasteiger partial charge in [-0.15, -0.1) is 0 Å². The summed E-state index contributed by atoms with van der Waals surface area (Å²) in [5.41, 5.74) is 16.5. The molecule has 11 rings (SSSR count). The maximum absolute atomic E-state index is 2.51. The molecule has 0 spiro atoms. The minimum absolute atomic E-state index is 0.0915. The lowest BCUT2D eigenvalue weighted by Gasteiger charge is -2.34. The van der Waals surface area contributed by atoms with Crippen molar-refractivity contribution in [3.05, 3.63) is 199 Å². The molecule has 0 saturated heterocycles. The Kier molecular flexibility index (Phi) is 6.66. The van der Waals surface area contributed by atoms with Gasteiger partial charge in [-0.05, 0) is 95.4 Å². The van der Waals surface area contributed by atoms with Crippen molar-refractivity contribution in [2.45, 2.75) is 19.3 Å². The van der Waals surface area contributed by atoms with Crippen LogP contribution in [0.2, 0.25) is 0 Å². The number of nitrogens with zero attached hydrogens (tertiary/aromatic N) is 1. The third kappa shape index (κ3) is 4.39. The van der Waals surface area contributed by atoms with Crippen LogP contribution in [0.5, 0.6) is 0 Å². The Morgan fingerprint density at radius 2 is 0.870 bits per heavy atom. The van der Waals surface area contributed by atoms with Gasteiger partial charge in [-0.2, -0.15) is 0 Å². The zero-order valence-corrected chi connectivity index (χ0v) is 30.3. The molecule has 0 amide bonds. The van der Waals surface area contributed by atoms with Crippen LogP contribution < -0.4 is 0 Å². The molecule has 54 heavy (non-hydrogen) atoms. The second-order valence-corrected chi connectivity index (χ2v) is 15.2. The van der Waals surface area contributed by atoms with Gasteiger partial charge in [-0.3, -0.25) is 0 Å². The van der Waals surface area contributed by atoms with E-state index in [1.54, 1.807) is 0 Å². The first-order valence-electron chi connectivity index (χ1n) is 18.9. The highest BCUT2D eigenvalue weighted by atomic mass is 15.0. The van der Waals surface area contributed by atoms with Crippen molar-refractivity contribution in [2.75, 3.05) is 0 Å². The Morgan fingerprint density at radius 3 is 1.59 bits per heavy atom. The molecule has 10 aromatic rings. The van der Waals surface area contributed by atoms with Crippen molar-refractivity contribution < 1.29 is 0 Å². The highest BCUT2D eigenvalue weighted by Crippen LogP contribution is 2.50. The smallest absolute Gasteiger partial charge is 0.0582 e. The molecule has 0 fully saturated rings. The quantitative estimate of drug-likeness (QED) is 0.162. The Labute approximate surface area is 315 Å².